The molecular formula is C33H45NO3. The quantitative estimate of drug-likeness (QED) is 0.282. The van der Waals surface area contributed by atoms with Crippen molar-refractivity contribution in [1.82, 2.24) is 4.98 Å². The molecule has 200 valence electrons. The Balaban J connectivity index is 0.000000279. The summed E-state index contributed by atoms with van der Waals surface area (Å²) >= 11 is 0. The van der Waals surface area contributed by atoms with Crippen LogP contribution in [-0.4, -0.2) is 20.3 Å². The number of hydrogen-bond acceptors (Lipinski definition) is 4. The zero-order valence-electron chi connectivity index (χ0n) is 23.5. The van der Waals surface area contributed by atoms with E-state index in [1.165, 1.54) is 11.6 Å². The number of pyridine rings is 1. The number of benzene rings is 2. The van der Waals surface area contributed by atoms with Gasteiger partial charge in [0.2, 0.25) is 0 Å². The highest BCUT2D eigenvalue weighted by Crippen LogP contribution is 2.25. The van der Waals surface area contributed by atoms with Crippen LogP contribution in [0.1, 0.15) is 70.2 Å². The van der Waals surface area contributed by atoms with E-state index in [1.807, 2.05) is 49.5 Å². The monoisotopic (exact) mass is 503 g/mol. The Labute approximate surface area is 224 Å². The standard InChI is InChI=1S/C12H16O.C11H16O2.C10H13N/c1-9(2)4-6-11-7-5-10(3)12(13)8-11;1-8(2)3-4-9-5-6-10(12)11(13)7-9;1-9(2)5-6-10-4-3-7-11-8-10/h4-9,13H,1-3H3;5-8,12-13H,3-4H2,1-2H3;3-9H,1-2H3/b6-4+;;6-5+. The van der Waals surface area contributed by atoms with Crippen LogP contribution < -0.4 is 0 Å². The van der Waals surface area contributed by atoms with E-state index in [0.717, 1.165) is 29.5 Å². The molecule has 0 spiro atoms. The lowest BCUT2D eigenvalue weighted by Crippen LogP contribution is -1.91. The first-order valence-corrected chi connectivity index (χ1v) is 13.0. The molecule has 0 unspecified atom stereocenters. The minimum absolute atomic E-state index is 0.0266. The van der Waals surface area contributed by atoms with Crippen molar-refractivity contribution in [3.8, 4) is 17.2 Å². The number of aryl methyl sites for hydroxylation is 2. The van der Waals surface area contributed by atoms with Gasteiger partial charge in [0, 0.05) is 12.4 Å². The van der Waals surface area contributed by atoms with Crippen molar-refractivity contribution in [2.75, 3.05) is 0 Å². The number of phenolic OH excluding ortho intramolecular Hbond substituents is 3. The molecule has 0 aliphatic carbocycles. The molecule has 3 rings (SSSR count). The predicted molar refractivity (Wildman–Crippen MR) is 158 cm³/mol. The summed E-state index contributed by atoms with van der Waals surface area (Å²) in [6, 6.07) is 14.7. The van der Waals surface area contributed by atoms with Crippen LogP contribution in [0.2, 0.25) is 0 Å². The Morgan fingerprint density at radius 2 is 1.38 bits per heavy atom. The van der Waals surface area contributed by atoms with Gasteiger partial charge in [0.25, 0.3) is 0 Å². The Bertz CT molecular complexity index is 1100. The van der Waals surface area contributed by atoms with Crippen LogP contribution in [0.5, 0.6) is 17.2 Å². The summed E-state index contributed by atoms with van der Waals surface area (Å²) in [7, 11) is 0. The SMILES string of the molecule is CC(C)/C=C/c1cccnc1.CC(C)CCc1ccc(O)c(O)c1.Cc1ccc(/C=C/C(C)C)cc1O. The number of aromatic hydroxyl groups is 3. The summed E-state index contributed by atoms with van der Waals surface area (Å²) in [6.45, 7) is 14.8. The van der Waals surface area contributed by atoms with Gasteiger partial charge in [-0.2, -0.15) is 0 Å². The summed E-state index contributed by atoms with van der Waals surface area (Å²) in [6.07, 6.45) is 14.1. The molecule has 0 fully saturated rings. The number of allylic oxidation sites excluding steroid dienone is 2. The number of rotatable bonds is 7. The number of aromatic nitrogens is 1. The van der Waals surface area contributed by atoms with E-state index >= 15 is 0 Å². The van der Waals surface area contributed by atoms with Crippen molar-refractivity contribution in [2.24, 2.45) is 17.8 Å². The Morgan fingerprint density at radius 1 is 0.730 bits per heavy atom. The van der Waals surface area contributed by atoms with Crippen LogP contribution in [0.15, 0.2) is 73.1 Å². The third-order valence-electron chi connectivity index (χ3n) is 5.31. The highest BCUT2D eigenvalue weighted by atomic mass is 16.3. The molecule has 0 aliphatic rings. The minimum atomic E-state index is -0.0479. The molecule has 1 heterocycles. The molecule has 0 atom stereocenters. The molecule has 4 heteroatoms. The first kappa shape index (κ1) is 31.5. The Morgan fingerprint density at radius 3 is 1.89 bits per heavy atom. The van der Waals surface area contributed by atoms with Crippen LogP contribution >= 0.6 is 0 Å². The van der Waals surface area contributed by atoms with E-state index in [-0.39, 0.29) is 11.5 Å². The molecule has 0 saturated heterocycles. The normalized spacial score (nSPS) is 11.1. The first-order chi connectivity index (χ1) is 17.5. The molecule has 1 aromatic heterocycles. The Hall–Kier alpha value is -3.53. The summed E-state index contributed by atoms with van der Waals surface area (Å²) in [5.41, 5.74) is 4.21. The van der Waals surface area contributed by atoms with Gasteiger partial charge in [0.15, 0.2) is 11.5 Å². The van der Waals surface area contributed by atoms with Gasteiger partial charge in [-0.25, -0.2) is 0 Å². The van der Waals surface area contributed by atoms with Gasteiger partial charge in [-0.1, -0.05) is 90.1 Å². The maximum atomic E-state index is 9.43. The molecule has 0 amide bonds. The fraction of sp³-hybridized carbons (Fsp3) is 0.364. The van der Waals surface area contributed by atoms with Crippen LogP contribution in [0.3, 0.4) is 0 Å². The van der Waals surface area contributed by atoms with E-state index < -0.39 is 0 Å². The number of hydrogen-bond donors (Lipinski definition) is 3. The molecule has 2 aromatic carbocycles. The highest BCUT2D eigenvalue weighted by Gasteiger charge is 2.01. The van der Waals surface area contributed by atoms with Gasteiger partial charge in [0.1, 0.15) is 5.75 Å². The summed E-state index contributed by atoms with van der Waals surface area (Å²) in [4.78, 5) is 4.01. The van der Waals surface area contributed by atoms with Crippen molar-refractivity contribution in [3.05, 3.63) is 95.3 Å². The average molecular weight is 504 g/mol. The summed E-state index contributed by atoms with van der Waals surface area (Å²) < 4.78 is 0. The molecule has 0 aliphatic heterocycles. The molecular weight excluding hydrogens is 458 g/mol. The van der Waals surface area contributed by atoms with E-state index in [9.17, 15) is 10.2 Å². The summed E-state index contributed by atoms with van der Waals surface area (Å²) in [5, 5.41) is 27.7. The van der Waals surface area contributed by atoms with Gasteiger partial charge >= 0.3 is 0 Å². The fourth-order valence-electron chi connectivity index (χ4n) is 2.99. The highest BCUT2D eigenvalue weighted by molar-refractivity contribution is 5.53. The molecule has 4 nitrogen and oxygen atoms in total. The second kappa shape index (κ2) is 17.0. The topological polar surface area (TPSA) is 73.6 Å². The van der Waals surface area contributed by atoms with Crippen LogP contribution in [0.4, 0.5) is 0 Å². The zero-order chi connectivity index (χ0) is 27.8. The van der Waals surface area contributed by atoms with Crippen LogP contribution in [0, 0.1) is 24.7 Å². The van der Waals surface area contributed by atoms with Crippen LogP contribution in [0.25, 0.3) is 12.2 Å². The van der Waals surface area contributed by atoms with Gasteiger partial charge in [-0.15, -0.1) is 0 Å². The van der Waals surface area contributed by atoms with E-state index in [2.05, 4.69) is 64.8 Å². The zero-order valence-corrected chi connectivity index (χ0v) is 23.5. The smallest absolute Gasteiger partial charge is 0.157 e. The molecule has 3 aromatic rings. The second-order valence-electron chi connectivity index (χ2n) is 10.3. The molecule has 3 N–H and O–H groups in total. The maximum Gasteiger partial charge on any atom is 0.157 e. The number of phenols is 3. The largest absolute Gasteiger partial charge is 0.508 e. The van der Waals surface area contributed by atoms with E-state index in [4.69, 9.17) is 5.11 Å². The van der Waals surface area contributed by atoms with Crippen molar-refractivity contribution >= 4 is 12.2 Å². The van der Waals surface area contributed by atoms with Crippen molar-refractivity contribution in [2.45, 2.75) is 61.3 Å². The maximum absolute atomic E-state index is 9.43. The van der Waals surface area contributed by atoms with Gasteiger partial charge in [0.05, 0.1) is 0 Å². The molecule has 0 saturated carbocycles. The third-order valence-corrected chi connectivity index (χ3v) is 5.31. The first-order valence-electron chi connectivity index (χ1n) is 13.0. The lowest BCUT2D eigenvalue weighted by molar-refractivity contribution is 0.403. The predicted octanol–water partition coefficient (Wildman–Crippen LogP) is 8.81. The van der Waals surface area contributed by atoms with Crippen LogP contribution in [-0.2, 0) is 6.42 Å². The lowest BCUT2D eigenvalue weighted by atomic mass is 10.0. The van der Waals surface area contributed by atoms with Gasteiger partial charge in [-0.3, -0.25) is 4.98 Å². The Kier molecular flexibility index (Phi) is 14.5. The minimum Gasteiger partial charge on any atom is -0.508 e. The van der Waals surface area contributed by atoms with E-state index in [1.54, 1.807) is 18.3 Å². The van der Waals surface area contributed by atoms with Crippen molar-refractivity contribution in [3.63, 3.8) is 0 Å². The number of nitrogens with zero attached hydrogens (tertiary/aromatic N) is 1. The second-order valence-corrected chi connectivity index (χ2v) is 10.3. The van der Waals surface area contributed by atoms with Crippen molar-refractivity contribution < 1.29 is 15.3 Å². The lowest BCUT2D eigenvalue weighted by Gasteiger charge is -2.05. The van der Waals surface area contributed by atoms with Gasteiger partial charge < -0.3 is 15.3 Å². The molecule has 37 heavy (non-hydrogen) atoms. The van der Waals surface area contributed by atoms with Crippen molar-refractivity contribution in [1.29, 1.82) is 0 Å². The average Bonchev–Trinajstić information content (AvgIpc) is 2.85. The fourth-order valence-corrected chi connectivity index (χ4v) is 2.99. The summed E-state index contributed by atoms with van der Waals surface area (Å²) in [5.74, 6) is 2.11. The molecule has 0 bridgehead atoms. The van der Waals surface area contributed by atoms with E-state index in [0.29, 0.717) is 23.5 Å². The third kappa shape index (κ3) is 14.6. The van der Waals surface area contributed by atoms with Gasteiger partial charge in [-0.05, 0) is 84.0 Å². The molecule has 0 radical (unpaired) electrons.